The van der Waals surface area contributed by atoms with Crippen LogP contribution in [0.4, 0.5) is 5.69 Å². The van der Waals surface area contributed by atoms with Crippen molar-refractivity contribution in [1.29, 1.82) is 0 Å². The number of hydrogen-bond donors (Lipinski definition) is 1. The van der Waals surface area contributed by atoms with E-state index in [0.29, 0.717) is 6.42 Å². The highest BCUT2D eigenvalue weighted by Gasteiger charge is 2.34. The summed E-state index contributed by atoms with van der Waals surface area (Å²) in [5.41, 5.74) is 2.08. The zero-order valence-electron chi connectivity index (χ0n) is 22.8. The maximum absolute atomic E-state index is 14.0. The Morgan fingerprint density at radius 1 is 0.897 bits per heavy atom. The summed E-state index contributed by atoms with van der Waals surface area (Å²) in [6.45, 7) is 7.30. The van der Waals surface area contributed by atoms with Gasteiger partial charge in [-0.2, -0.15) is 0 Å². The second-order valence-electron chi connectivity index (χ2n) is 9.53. The van der Waals surface area contributed by atoms with Crippen molar-refractivity contribution in [3.63, 3.8) is 0 Å². The Morgan fingerprint density at radius 2 is 1.51 bits per heavy atom. The van der Waals surface area contributed by atoms with Crippen LogP contribution in [0.3, 0.4) is 0 Å². The highest BCUT2D eigenvalue weighted by molar-refractivity contribution is 7.92. The van der Waals surface area contributed by atoms with Crippen LogP contribution in [-0.2, 0) is 26.2 Å². The summed E-state index contributed by atoms with van der Waals surface area (Å²) in [5, 5.41) is 3.17. The number of halogens is 1. The topological polar surface area (TPSA) is 86.8 Å². The lowest BCUT2D eigenvalue weighted by atomic mass is 10.1. The van der Waals surface area contributed by atoms with Crippen molar-refractivity contribution in [2.75, 3.05) is 10.8 Å². The number of hydrogen-bond acceptors (Lipinski definition) is 4. The van der Waals surface area contributed by atoms with Gasteiger partial charge in [0.2, 0.25) is 11.8 Å². The summed E-state index contributed by atoms with van der Waals surface area (Å²) in [5.74, 6) is -0.788. The largest absolute Gasteiger partial charge is 0.352 e. The molecule has 0 aliphatic rings. The maximum atomic E-state index is 14.0. The minimum atomic E-state index is -4.16. The molecule has 0 heterocycles. The van der Waals surface area contributed by atoms with Crippen LogP contribution in [0.25, 0.3) is 0 Å². The number of rotatable bonds is 12. The van der Waals surface area contributed by atoms with Crippen LogP contribution >= 0.6 is 11.6 Å². The van der Waals surface area contributed by atoms with Crippen LogP contribution in [0.5, 0.6) is 0 Å². The van der Waals surface area contributed by atoms with Crippen molar-refractivity contribution in [2.24, 2.45) is 0 Å². The van der Waals surface area contributed by atoms with E-state index in [2.05, 4.69) is 5.32 Å². The van der Waals surface area contributed by atoms with E-state index in [1.54, 1.807) is 42.5 Å². The molecular weight excluding hydrogens is 534 g/mol. The molecule has 3 aromatic rings. The van der Waals surface area contributed by atoms with E-state index in [0.717, 1.165) is 21.9 Å². The van der Waals surface area contributed by atoms with Crippen LogP contribution in [0.2, 0.25) is 5.02 Å². The number of nitrogens with one attached hydrogen (secondary N) is 1. The first kappa shape index (κ1) is 30.2. The van der Waals surface area contributed by atoms with Gasteiger partial charge in [-0.1, -0.05) is 85.6 Å². The zero-order chi connectivity index (χ0) is 28.6. The van der Waals surface area contributed by atoms with Gasteiger partial charge in [-0.3, -0.25) is 13.9 Å². The minimum Gasteiger partial charge on any atom is -0.352 e. The molecule has 9 heteroatoms. The first-order valence-electron chi connectivity index (χ1n) is 13.1. The average molecular weight is 570 g/mol. The van der Waals surface area contributed by atoms with Gasteiger partial charge in [0.1, 0.15) is 12.6 Å². The number of carbonyl (C=O) groups is 2. The molecule has 208 valence electrons. The molecule has 0 saturated heterocycles. The number of nitrogens with zero attached hydrogens (tertiary/aromatic N) is 2. The number of benzene rings is 3. The van der Waals surface area contributed by atoms with Gasteiger partial charge in [-0.25, -0.2) is 8.42 Å². The SMILES string of the molecule is CC[C@@H](C)NC(=O)[C@@H](CC)N(Cc1ccc(C)cc1)C(=O)CN(c1ccccc1Cl)S(=O)(=O)c1ccccc1. The molecule has 0 fully saturated rings. The molecule has 0 unspecified atom stereocenters. The Balaban J connectivity index is 2.05. The summed E-state index contributed by atoms with van der Waals surface area (Å²) in [7, 11) is -4.16. The third-order valence-corrected chi connectivity index (χ3v) is 8.69. The molecule has 2 atom stereocenters. The molecule has 1 N–H and O–H groups in total. The maximum Gasteiger partial charge on any atom is 0.264 e. The number of anilines is 1. The predicted octanol–water partition coefficient (Wildman–Crippen LogP) is 5.57. The van der Waals surface area contributed by atoms with E-state index in [4.69, 9.17) is 11.6 Å². The minimum absolute atomic E-state index is 0.0318. The van der Waals surface area contributed by atoms with Crippen molar-refractivity contribution in [3.05, 3.63) is 95.0 Å². The Morgan fingerprint density at radius 3 is 2.10 bits per heavy atom. The van der Waals surface area contributed by atoms with Crippen molar-refractivity contribution in [1.82, 2.24) is 10.2 Å². The molecule has 0 spiro atoms. The van der Waals surface area contributed by atoms with Crippen LogP contribution < -0.4 is 9.62 Å². The summed E-state index contributed by atoms with van der Waals surface area (Å²) in [6, 6.07) is 21.2. The molecular formula is C30H36ClN3O4S. The van der Waals surface area contributed by atoms with Gasteiger partial charge < -0.3 is 10.2 Å². The highest BCUT2D eigenvalue weighted by atomic mass is 35.5. The third kappa shape index (κ3) is 7.61. The molecule has 0 aromatic heterocycles. The Bertz CT molecular complexity index is 1360. The van der Waals surface area contributed by atoms with Gasteiger partial charge in [0.05, 0.1) is 15.6 Å². The molecule has 0 bridgehead atoms. The second-order valence-corrected chi connectivity index (χ2v) is 11.8. The summed E-state index contributed by atoms with van der Waals surface area (Å²) < 4.78 is 28.6. The number of para-hydroxylation sites is 1. The van der Waals surface area contributed by atoms with Gasteiger partial charge in [-0.05, 0) is 56.5 Å². The molecule has 0 radical (unpaired) electrons. The smallest absolute Gasteiger partial charge is 0.264 e. The Kier molecular flexibility index (Phi) is 10.5. The summed E-state index contributed by atoms with van der Waals surface area (Å²) in [6.07, 6.45) is 1.10. The average Bonchev–Trinajstić information content (AvgIpc) is 2.93. The fourth-order valence-corrected chi connectivity index (χ4v) is 5.88. The second kappa shape index (κ2) is 13.6. The lowest BCUT2D eigenvalue weighted by molar-refractivity contribution is -0.140. The summed E-state index contributed by atoms with van der Waals surface area (Å²) >= 11 is 6.44. The molecule has 3 aromatic carbocycles. The first-order valence-corrected chi connectivity index (χ1v) is 14.9. The van der Waals surface area contributed by atoms with Crippen molar-refractivity contribution >= 4 is 39.1 Å². The van der Waals surface area contributed by atoms with Gasteiger partial charge >= 0.3 is 0 Å². The van der Waals surface area contributed by atoms with E-state index in [9.17, 15) is 18.0 Å². The Hall–Kier alpha value is -3.36. The predicted molar refractivity (Wildman–Crippen MR) is 156 cm³/mol. The van der Waals surface area contributed by atoms with E-state index >= 15 is 0 Å². The Labute approximate surface area is 236 Å². The van der Waals surface area contributed by atoms with Gasteiger partial charge in [0.15, 0.2) is 0 Å². The monoisotopic (exact) mass is 569 g/mol. The third-order valence-electron chi connectivity index (χ3n) is 6.59. The molecule has 3 rings (SSSR count). The van der Waals surface area contributed by atoms with Crippen molar-refractivity contribution < 1.29 is 18.0 Å². The van der Waals surface area contributed by atoms with Crippen molar-refractivity contribution in [2.45, 2.75) is 64.1 Å². The fraction of sp³-hybridized carbons (Fsp3) is 0.333. The van der Waals surface area contributed by atoms with Gasteiger partial charge in [-0.15, -0.1) is 0 Å². The van der Waals surface area contributed by atoms with Crippen LogP contribution in [0, 0.1) is 6.92 Å². The van der Waals surface area contributed by atoms with E-state index in [-0.39, 0.29) is 34.1 Å². The zero-order valence-corrected chi connectivity index (χ0v) is 24.4. The van der Waals surface area contributed by atoms with E-state index in [1.807, 2.05) is 52.0 Å². The lowest BCUT2D eigenvalue weighted by Crippen LogP contribution is -2.53. The van der Waals surface area contributed by atoms with Crippen LogP contribution in [-0.4, -0.2) is 43.8 Å². The molecule has 2 amide bonds. The number of carbonyl (C=O) groups excluding carboxylic acids is 2. The number of amides is 2. The quantitative estimate of drug-likeness (QED) is 0.309. The van der Waals surface area contributed by atoms with Crippen LogP contribution in [0.15, 0.2) is 83.8 Å². The van der Waals surface area contributed by atoms with Crippen LogP contribution in [0.1, 0.15) is 44.7 Å². The van der Waals surface area contributed by atoms with Crippen molar-refractivity contribution in [3.8, 4) is 0 Å². The first-order chi connectivity index (χ1) is 18.6. The van der Waals surface area contributed by atoms with E-state index < -0.39 is 28.5 Å². The molecule has 0 aliphatic heterocycles. The van der Waals surface area contributed by atoms with Gasteiger partial charge in [0, 0.05) is 12.6 Å². The molecule has 39 heavy (non-hydrogen) atoms. The normalized spacial score (nSPS) is 12.8. The highest BCUT2D eigenvalue weighted by Crippen LogP contribution is 2.30. The molecule has 7 nitrogen and oxygen atoms in total. The lowest BCUT2D eigenvalue weighted by Gasteiger charge is -2.34. The van der Waals surface area contributed by atoms with E-state index in [1.165, 1.54) is 17.0 Å². The number of aryl methyl sites for hydroxylation is 1. The number of sulfonamides is 1. The van der Waals surface area contributed by atoms with Gasteiger partial charge in [0.25, 0.3) is 10.0 Å². The molecule has 0 saturated carbocycles. The fourth-order valence-electron chi connectivity index (χ4n) is 4.14. The molecule has 0 aliphatic carbocycles. The summed E-state index contributed by atoms with van der Waals surface area (Å²) in [4.78, 5) is 28.8. The standard InChI is InChI=1S/C30H36ClN3O4S/c1-5-23(4)32-30(36)27(6-2)33(20-24-18-16-22(3)17-19-24)29(35)21-34(28-15-11-10-14-26(28)31)39(37,38)25-12-8-7-9-13-25/h7-19,23,27H,5-6,20-21H2,1-4H3,(H,32,36)/t23-,27-/m1/s1.